The summed E-state index contributed by atoms with van der Waals surface area (Å²) in [6.45, 7) is 0.124. The van der Waals surface area contributed by atoms with Crippen LogP contribution in [0.1, 0.15) is 5.56 Å². The molecule has 0 radical (unpaired) electrons. The van der Waals surface area contributed by atoms with Crippen LogP contribution in [0.4, 0.5) is 0 Å². The molecule has 1 aromatic heterocycles. The van der Waals surface area contributed by atoms with Gasteiger partial charge in [0.1, 0.15) is 6.07 Å². The van der Waals surface area contributed by atoms with Crippen molar-refractivity contribution in [1.29, 1.82) is 5.26 Å². The first-order valence-electron chi connectivity index (χ1n) is 7.16. The summed E-state index contributed by atoms with van der Waals surface area (Å²) >= 11 is 0. The predicted octanol–water partition coefficient (Wildman–Crippen LogP) is -1.96. The van der Waals surface area contributed by atoms with Crippen molar-refractivity contribution in [2.24, 2.45) is 5.10 Å². The number of rotatable bonds is 7. The molecule has 0 bridgehead atoms. The quantitative estimate of drug-likeness (QED) is 0.353. The minimum atomic E-state index is -0.233. The molecule has 0 aliphatic heterocycles. The number of nitriles is 1. The Bertz CT molecular complexity index is 760. The van der Waals surface area contributed by atoms with Crippen LogP contribution in [0.3, 0.4) is 0 Å². The minimum Gasteiger partial charge on any atom is -1.00 e. The van der Waals surface area contributed by atoms with Gasteiger partial charge in [0.15, 0.2) is 30.5 Å². The van der Waals surface area contributed by atoms with Crippen LogP contribution in [-0.4, -0.2) is 25.8 Å². The Hall–Kier alpha value is -3.11. The monoisotopic (exact) mass is 360 g/mol. The van der Waals surface area contributed by atoms with Crippen molar-refractivity contribution in [1.82, 2.24) is 5.43 Å². The van der Waals surface area contributed by atoms with E-state index in [4.69, 9.17) is 14.7 Å². The van der Waals surface area contributed by atoms with E-state index in [1.54, 1.807) is 35.2 Å². The van der Waals surface area contributed by atoms with Crippen molar-refractivity contribution in [2.45, 2.75) is 6.54 Å². The Labute approximate surface area is 151 Å². The Morgan fingerprint density at radius 2 is 2.08 bits per heavy atom. The van der Waals surface area contributed by atoms with E-state index in [0.717, 1.165) is 5.56 Å². The van der Waals surface area contributed by atoms with Gasteiger partial charge in [0, 0.05) is 12.1 Å². The Balaban J connectivity index is 0.00000312. The van der Waals surface area contributed by atoms with Crippen LogP contribution in [0.2, 0.25) is 0 Å². The molecule has 1 aromatic carbocycles. The first-order valence-corrected chi connectivity index (χ1v) is 7.16. The minimum absolute atomic E-state index is 0. The lowest BCUT2D eigenvalue weighted by molar-refractivity contribution is -0.684. The Morgan fingerprint density at radius 1 is 1.32 bits per heavy atom. The summed E-state index contributed by atoms with van der Waals surface area (Å²) in [6, 6.07) is 12.6. The maximum atomic E-state index is 11.8. The number of methoxy groups -OCH3 is 1. The van der Waals surface area contributed by atoms with Gasteiger partial charge in [-0.25, -0.2) is 5.43 Å². The van der Waals surface area contributed by atoms with Crippen LogP contribution in [0.5, 0.6) is 11.5 Å². The average molecular weight is 361 g/mol. The van der Waals surface area contributed by atoms with Crippen LogP contribution in [0.25, 0.3) is 0 Å². The fourth-order valence-electron chi connectivity index (χ4n) is 1.91. The number of halogens is 1. The second kappa shape index (κ2) is 10.6. The number of hydrazone groups is 1. The molecule has 0 aliphatic carbocycles. The number of benzene rings is 1. The van der Waals surface area contributed by atoms with E-state index in [2.05, 4.69) is 10.5 Å². The van der Waals surface area contributed by atoms with E-state index in [1.807, 2.05) is 24.3 Å². The highest BCUT2D eigenvalue weighted by Crippen LogP contribution is 2.27. The van der Waals surface area contributed by atoms with Gasteiger partial charge in [-0.05, 0) is 23.8 Å². The standard InChI is InChI=1S/C17H16N4O3.ClH/c1-23-16-11-14(5-6-15(16)24-10-7-18)12-19-20-17(22)13-21-8-3-2-4-9-21;/h2-6,8-9,11-12H,10,13H2,1H3;1H/b19-12+;. The highest BCUT2D eigenvalue weighted by atomic mass is 35.5. The number of aromatic nitrogens is 1. The molecular weight excluding hydrogens is 344 g/mol. The summed E-state index contributed by atoms with van der Waals surface area (Å²) < 4.78 is 12.2. The Kier molecular flexibility index (Phi) is 8.47. The molecule has 25 heavy (non-hydrogen) atoms. The molecule has 2 rings (SSSR count). The molecule has 0 unspecified atom stereocenters. The number of ether oxygens (including phenoxy) is 2. The van der Waals surface area contributed by atoms with Gasteiger partial charge >= 0.3 is 5.91 Å². The van der Waals surface area contributed by atoms with E-state index in [1.165, 1.54) is 13.3 Å². The summed E-state index contributed by atoms with van der Waals surface area (Å²) in [7, 11) is 1.51. The third-order valence-electron chi connectivity index (χ3n) is 2.99. The number of carbonyl (C=O) groups excluding carboxylic acids is 1. The van der Waals surface area contributed by atoms with Crippen LogP contribution in [0.15, 0.2) is 53.9 Å². The summed E-state index contributed by atoms with van der Waals surface area (Å²) in [5.41, 5.74) is 3.19. The largest absolute Gasteiger partial charge is 1.00 e. The van der Waals surface area contributed by atoms with Crippen molar-refractivity contribution >= 4 is 12.1 Å². The third-order valence-corrected chi connectivity index (χ3v) is 2.99. The van der Waals surface area contributed by atoms with Gasteiger partial charge in [-0.2, -0.15) is 14.9 Å². The molecule has 0 saturated heterocycles. The van der Waals surface area contributed by atoms with E-state index < -0.39 is 0 Å². The molecular formula is C17H17ClN4O3. The maximum absolute atomic E-state index is 11.8. The molecule has 0 aliphatic rings. The zero-order chi connectivity index (χ0) is 17.2. The van der Waals surface area contributed by atoms with Crippen molar-refractivity contribution in [3.05, 3.63) is 54.4 Å². The molecule has 1 heterocycles. The highest BCUT2D eigenvalue weighted by molar-refractivity contribution is 5.82. The van der Waals surface area contributed by atoms with Gasteiger partial charge in [0.25, 0.3) is 0 Å². The fraction of sp³-hybridized carbons (Fsp3) is 0.176. The van der Waals surface area contributed by atoms with Crippen LogP contribution >= 0.6 is 0 Å². The summed E-state index contributed by atoms with van der Waals surface area (Å²) in [5.74, 6) is 0.726. The van der Waals surface area contributed by atoms with Crippen LogP contribution in [-0.2, 0) is 11.3 Å². The van der Waals surface area contributed by atoms with Crippen molar-refractivity contribution in [3.63, 3.8) is 0 Å². The van der Waals surface area contributed by atoms with Crippen molar-refractivity contribution in [2.75, 3.05) is 13.7 Å². The highest BCUT2D eigenvalue weighted by Gasteiger charge is 2.07. The zero-order valence-corrected chi connectivity index (χ0v) is 14.3. The summed E-state index contributed by atoms with van der Waals surface area (Å²) in [4.78, 5) is 11.8. The van der Waals surface area contributed by atoms with Crippen LogP contribution in [0, 0.1) is 11.3 Å². The van der Waals surface area contributed by atoms with E-state index in [9.17, 15) is 4.79 Å². The van der Waals surface area contributed by atoms with E-state index in [0.29, 0.717) is 11.5 Å². The molecule has 0 saturated carbocycles. The maximum Gasteiger partial charge on any atom is 0.305 e. The second-order valence-corrected chi connectivity index (χ2v) is 4.70. The molecule has 0 atom stereocenters. The lowest BCUT2D eigenvalue weighted by atomic mass is 10.2. The lowest BCUT2D eigenvalue weighted by Crippen LogP contribution is -3.00. The molecule has 8 heteroatoms. The molecule has 7 nitrogen and oxygen atoms in total. The molecule has 130 valence electrons. The molecule has 1 amide bonds. The van der Waals surface area contributed by atoms with Gasteiger partial charge < -0.3 is 21.9 Å². The molecule has 0 fully saturated rings. The van der Waals surface area contributed by atoms with Crippen molar-refractivity contribution < 1.29 is 31.2 Å². The third kappa shape index (κ3) is 6.49. The molecule has 1 N–H and O–H groups in total. The lowest BCUT2D eigenvalue weighted by Gasteiger charge is -2.08. The first-order chi connectivity index (χ1) is 11.7. The number of nitrogens with one attached hydrogen (secondary N) is 1. The summed E-state index contributed by atoms with van der Waals surface area (Å²) in [6.07, 6.45) is 5.10. The van der Waals surface area contributed by atoms with Gasteiger partial charge in [-0.15, -0.1) is 0 Å². The molecule has 2 aromatic rings. The first kappa shape index (κ1) is 19.9. The van der Waals surface area contributed by atoms with Gasteiger partial charge in [-0.3, -0.25) is 4.79 Å². The normalized spacial score (nSPS) is 9.76. The zero-order valence-electron chi connectivity index (χ0n) is 13.6. The molecule has 0 spiro atoms. The van der Waals surface area contributed by atoms with Gasteiger partial charge in [0.05, 0.1) is 13.3 Å². The SMILES string of the molecule is COc1cc(/C=N/NC(=O)C[n+]2ccccc2)ccc1OCC#N.[Cl-]. The van der Waals surface area contributed by atoms with E-state index in [-0.39, 0.29) is 31.5 Å². The van der Waals surface area contributed by atoms with Gasteiger partial charge in [-0.1, -0.05) is 6.07 Å². The number of hydrogen-bond acceptors (Lipinski definition) is 5. The number of pyridine rings is 1. The summed E-state index contributed by atoms with van der Waals surface area (Å²) in [5, 5.41) is 12.5. The van der Waals surface area contributed by atoms with Crippen molar-refractivity contribution in [3.8, 4) is 17.6 Å². The fourth-order valence-corrected chi connectivity index (χ4v) is 1.91. The Morgan fingerprint density at radius 3 is 2.76 bits per heavy atom. The van der Waals surface area contributed by atoms with E-state index >= 15 is 0 Å². The number of nitrogens with zero attached hydrogens (tertiary/aromatic N) is 3. The predicted molar refractivity (Wildman–Crippen MR) is 86.5 cm³/mol. The van der Waals surface area contributed by atoms with Crippen LogP contribution < -0.4 is 31.9 Å². The average Bonchev–Trinajstić information content (AvgIpc) is 2.61. The van der Waals surface area contributed by atoms with Gasteiger partial charge in [0.2, 0.25) is 6.54 Å². The topological polar surface area (TPSA) is 87.6 Å². The number of carbonyl (C=O) groups is 1. The number of amides is 1. The smallest absolute Gasteiger partial charge is 0.305 e. The number of hydrogen-bond donors (Lipinski definition) is 1. The second-order valence-electron chi connectivity index (χ2n) is 4.70.